The Morgan fingerprint density at radius 1 is 1.09 bits per heavy atom. The van der Waals surface area contributed by atoms with Gasteiger partial charge in [-0.25, -0.2) is 4.98 Å². The molecule has 1 saturated heterocycles. The number of aromatic nitrogens is 3. The molecule has 0 bridgehead atoms. The Labute approximate surface area is 262 Å². The number of hydrogen-bond donors (Lipinski definition) is 0. The van der Waals surface area contributed by atoms with Crippen LogP contribution in [0.5, 0.6) is 0 Å². The van der Waals surface area contributed by atoms with Crippen molar-refractivity contribution in [2.45, 2.75) is 52.4 Å². The van der Waals surface area contributed by atoms with Crippen LogP contribution >= 0.6 is 22.9 Å². The third kappa shape index (κ3) is 5.81. The number of rotatable bonds is 6. The van der Waals surface area contributed by atoms with Gasteiger partial charge in [0.2, 0.25) is 0 Å². The smallest absolute Gasteiger partial charge is 0.186 e. The number of Topliss-reactive ketones (excluding diaryl/α,β-unsaturated/α-hetero) is 1. The van der Waals surface area contributed by atoms with Crippen LogP contribution < -0.4 is 4.90 Å². The van der Waals surface area contributed by atoms with Gasteiger partial charge in [0.25, 0.3) is 0 Å². The molecule has 2 atom stereocenters. The number of anilines is 1. The maximum atomic E-state index is 13.1. The van der Waals surface area contributed by atoms with Gasteiger partial charge in [-0.2, -0.15) is 5.10 Å². The molecule has 224 valence electrons. The number of piperazine rings is 1. The van der Waals surface area contributed by atoms with Gasteiger partial charge in [0, 0.05) is 48.2 Å². The van der Waals surface area contributed by atoms with E-state index in [4.69, 9.17) is 21.3 Å². The third-order valence-electron chi connectivity index (χ3n) is 8.23. The van der Waals surface area contributed by atoms with E-state index in [1.807, 2.05) is 63.0 Å². The lowest BCUT2D eigenvalue weighted by Gasteiger charge is -2.39. The van der Waals surface area contributed by atoms with Gasteiger partial charge in [-0.05, 0) is 88.7 Å². The zero-order valence-corrected chi connectivity index (χ0v) is 27.4. The van der Waals surface area contributed by atoms with Gasteiger partial charge >= 0.3 is 0 Å². The molecule has 6 rings (SSSR count). The lowest BCUT2D eigenvalue weighted by molar-refractivity contribution is -0.138. The minimum Gasteiger partial charge on any atom is -0.360 e. The number of ketones is 1. The first-order chi connectivity index (χ1) is 20.4. The van der Waals surface area contributed by atoms with Crippen LogP contribution in [-0.2, 0) is 16.6 Å². The van der Waals surface area contributed by atoms with Crippen LogP contribution in [0.2, 0.25) is 5.02 Å². The van der Waals surface area contributed by atoms with Gasteiger partial charge < -0.3 is 9.64 Å². The second-order valence-corrected chi connectivity index (χ2v) is 14.0. The summed E-state index contributed by atoms with van der Waals surface area (Å²) in [6.45, 7) is 12.2. The molecule has 7 nitrogen and oxygen atoms in total. The minimum atomic E-state index is -0.698. The Hall–Kier alpha value is -3.30. The molecule has 2 aromatic heterocycles. The summed E-state index contributed by atoms with van der Waals surface area (Å²) in [5.74, 6) is -0.0233. The van der Waals surface area contributed by atoms with Gasteiger partial charge in [-0.3, -0.25) is 14.4 Å². The quantitative estimate of drug-likeness (QED) is 0.195. The monoisotopic (exact) mass is 615 g/mol. The molecule has 3 heterocycles. The molecule has 9 heteroatoms. The van der Waals surface area contributed by atoms with E-state index in [9.17, 15) is 4.79 Å². The molecule has 3 aromatic carbocycles. The van der Waals surface area contributed by atoms with E-state index in [1.165, 1.54) is 5.56 Å². The Kier molecular flexibility index (Phi) is 7.84. The number of hydrogen-bond acceptors (Lipinski definition) is 7. The average molecular weight is 616 g/mol. The Bertz CT molecular complexity index is 1820. The molecule has 5 aromatic rings. The lowest BCUT2D eigenvalue weighted by atomic mass is 9.90. The number of fused-ring (bicyclic) bond motifs is 2. The normalized spacial score (nSPS) is 17.2. The van der Waals surface area contributed by atoms with Crippen molar-refractivity contribution in [3.8, 4) is 11.1 Å². The molecule has 0 spiro atoms. The number of nitrogens with zero attached hydrogens (tertiary/aromatic N) is 5. The minimum absolute atomic E-state index is 0.0233. The summed E-state index contributed by atoms with van der Waals surface area (Å²) < 4.78 is 9.38. The Balaban J connectivity index is 1.45. The molecule has 1 unspecified atom stereocenters. The van der Waals surface area contributed by atoms with Crippen molar-refractivity contribution in [1.29, 1.82) is 0 Å². The van der Waals surface area contributed by atoms with E-state index in [0.29, 0.717) is 5.02 Å². The summed E-state index contributed by atoms with van der Waals surface area (Å²) in [6, 6.07) is 16.8. The van der Waals surface area contributed by atoms with Crippen LogP contribution in [0.3, 0.4) is 0 Å². The number of carbonyl (C=O) groups is 1. The number of likely N-dealkylation sites (N-methyl/N-ethyl adjacent to an activating group) is 1. The SMILES string of the molecule is CC(=O)[C@@H](OC(C)(C)C)c1c(C)cc2nc(N3CCN(C)C(c4ccc5c(cnn5C)c4)C3)sc2c1-c1ccc(Cl)cc1. The first-order valence-electron chi connectivity index (χ1n) is 14.6. The molecule has 0 N–H and O–H groups in total. The summed E-state index contributed by atoms with van der Waals surface area (Å²) in [5.41, 5.74) is 6.70. The largest absolute Gasteiger partial charge is 0.360 e. The number of benzene rings is 3. The third-order valence-corrected chi connectivity index (χ3v) is 9.63. The highest BCUT2D eigenvalue weighted by Crippen LogP contribution is 2.45. The van der Waals surface area contributed by atoms with Crippen LogP contribution in [-0.4, -0.2) is 57.7 Å². The fourth-order valence-corrected chi connectivity index (χ4v) is 7.36. The van der Waals surface area contributed by atoms with Crippen LogP contribution in [0.15, 0.2) is 54.7 Å². The van der Waals surface area contributed by atoms with Crippen molar-refractivity contribution in [1.82, 2.24) is 19.7 Å². The highest BCUT2D eigenvalue weighted by Gasteiger charge is 2.32. The van der Waals surface area contributed by atoms with Crippen LogP contribution in [0.4, 0.5) is 5.13 Å². The van der Waals surface area contributed by atoms with Gasteiger partial charge in [0.15, 0.2) is 10.9 Å². The molecule has 1 aliphatic rings. The summed E-state index contributed by atoms with van der Waals surface area (Å²) >= 11 is 7.99. The maximum Gasteiger partial charge on any atom is 0.186 e. The molecule has 0 amide bonds. The van der Waals surface area contributed by atoms with Gasteiger partial charge in [-0.1, -0.05) is 41.1 Å². The molecule has 43 heavy (non-hydrogen) atoms. The van der Waals surface area contributed by atoms with Crippen molar-refractivity contribution >= 4 is 55.0 Å². The molecular formula is C34H38ClN5O2S. The highest BCUT2D eigenvalue weighted by molar-refractivity contribution is 7.22. The summed E-state index contributed by atoms with van der Waals surface area (Å²) in [5, 5.41) is 7.23. The first-order valence-corrected chi connectivity index (χ1v) is 15.8. The predicted molar refractivity (Wildman–Crippen MR) is 177 cm³/mol. The van der Waals surface area contributed by atoms with Crippen molar-refractivity contribution in [2.75, 3.05) is 31.6 Å². The number of thiazole rings is 1. The van der Waals surface area contributed by atoms with Crippen molar-refractivity contribution < 1.29 is 9.53 Å². The Morgan fingerprint density at radius 3 is 2.53 bits per heavy atom. The zero-order chi connectivity index (χ0) is 30.6. The molecule has 1 aliphatic heterocycles. The van der Waals surface area contributed by atoms with E-state index in [-0.39, 0.29) is 11.8 Å². The maximum absolute atomic E-state index is 13.1. The van der Waals surface area contributed by atoms with Crippen molar-refractivity contribution in [2.24, 2.45) is 7.05 Å². The van der Waals surface area contributed by atoms with E-state index in [0.717, 1.165) is 68.1 Å². The van der Waals surface area contributed by atoms with Crippen molar-refractivity contribution in [3.05, 3.63) is 76.4 Å². The zero-order valence-electron chi connectivity index (χ0n) is 25.8. The van der Waals surface area contributed by atoms with Gasteiger partial charge in [0.05, 0.1) is 33.6 Å². The van der Waals surface area contributed by atoms with E-state index in [1.54, 1.807) is 18.3 Å². The predicted octanol–water partition coefficient (Wildman–Crippen LogP) is 7.75. The van der Waals surface area contributed by atoms with E-state index < -0.39 is 11.7 Å². The first kappa shape index (κ1) is 29.8. The van der Waals surface area contributed by atoms with Crippen LogP contribution in [0, 0.1) is 6.92 Å². The number of halogens is 1. The molecule has 0 aliphatic carbocycles. The Morgan fingerprint density at radius 2 is 1.84 bits per heavy atom. The standard InChI is InChI=1S/C34H38ClN5O2S/c1-20-16-26-32(30(22-8-11-25(35)12-9-22)29(20)31(21(2)41)42-34(3,4)5)43-33(37-26)40-15-14-38(6)28(19-40)23-10-13-27-24(17-23)18-36-39(27)7/h8-13,16-18,28,31H,14-15,19H2,1-7H3/t28?,31-/m1/s1. The van der Waals surface area contributed by atoms with E-state index >= 15 is 0 Å². The molecule has 0 saturated carbocycles. The fraction of sp³-hybridized carbons (Fsp3) is 0.382. The summed E-state index contributed by atoms with van der Waals surface area (Å²) in [4.78, 5) is 23.1. The topological polar surface area (TPSA) is 63.5 Å². The number of aryl methyl sites for hydroxylation is 2. The second kappa shape index (κ2) is 11.3. The van der Waals surface area contributed by atoms with Crippen molar-refractivity contribution in [3.63, 3.8) is 0 Å². The van der Waals surface area contributed by atoms with Gasteiger partial charge in [-0.15, -0.1) is 0 Å². The second-order valence-electron chi connectivity index (χ2n) is 12.6. The van der Waals surface area contributed by atoms with E-state index in [2.05, 4.69) is 53.1 Å². The van der Waals surface area contributed by atoms with Crippen LogP contribution in [0.25, 0.3) is 32.2 Å². The number of carbonyl (C=O) groups excluding carboxylic acids is 1. The summed E-state index contributed by atoms with van der Waals surface area (Å²) in [7, 11) is 4.17. The molecular weight excluding hydrogens is 578 g/mol. The summed E-state index contributed by atoms with van der Waals surface area (Å²) in [6.07, 6.45) is 1.24. The molecule has 1 fully saturated rings. The van der Waals surface area contributed by atoms with Gasteiger partial charge in [0.1, 0.15) is 6.10 Å². The van der Waals surface area contributed by atoms with Crippen LogP contribution in [0.1, 0.15) is 56.5 Å². The number of ether oxygens (including phenoxy) is 1. The average Bonchev–Trinajstić information content (AvgIpc) is 3.54. The lowest BCUT2D eigenvalue weighted by Crippen LogP contribution is -2.46. The fourth-order valence-electron chi connectivity index (χ4n) is 6.07. The molecule has 0 radical (unpaired) electrons. The highest BCUT2D eigenvalue weighted by atomic mass is 35.5.